The van der Waals surface area contributed by atoms with Crippen LogP contribution in [0.3, 0.4) is 0 Å². The summed E-state index contributed by atoms with van der Waals surface area (Å²) >= 11 is 0. The summed E-state index contributed by atoms with van der Waals surface area (Å²) in [5.74, 6) is -0.358. The van der Waals surface area contributed by atoms with Gasteiger partial charge in [-0.25, -0.2) is 0 Å². The highest BCUT2D eigenvalue weighted by Gasteiger charge is 2.33. The molecule has 2 aromatic heterocycles. The molecule has 3 heterocycles. The number of carbonyl (C=O) groups is 1. The average molecular weight is 406 g/mol. The van der Waals surface area contributed by atoms with Crippen LogP contribution < -0.4 is 10.3 Å². The number of aromatic nitrogens is 2. The third kappa shape index (κ3) is 3.59. The van der Waals surface area contributed by atoms with E-state index in [1.54, 1.807) is 26.6 Å². The van der Waals surface area contributed by atoms with E-state index >= 15 is 0 Å². The maximum Gasteiger partial charge on any atom is 0.306 e. The lowest BCUT2D eigenvalue weighted by atomic mass is 9.92. The molecule has 0 saturated heterocycles. The third-order valence-corrected chi connectivity index (χ3v) is 5.30. The van der Waals surface area contributed by atoms with E-state index in [9.17, 15) is 14.7 Å². The van der Waals surface area contributed by atoms with Crippen molar-refractivity contribution in [2.24, 2.45) is 7.05 Å². The number of benzene rings is 1. The Morgan fingerprint density at radius 3 is 2.67 bits per heavy atom. The summed E-state index contributed by atoms with van der Waals surface area (Å²) < 4.78 is 13.3. The van der Waals surface area contributed by atoms with Gasteiger partial charge in [0.1, 0.15) is 11.9 Å². The molecule has 0 bridgehead atoms. The number of hydrogen-bond acceptors (Lipinski definition) is 5. The number of nitrogens with zero attached hydrogens (tertiary/aromatic N) is 2. The first-order valence-electron chi connectivity index (χ1n) is 9.56. The molecule has 30 heavy (non-hydrogen) atoms. The van der Waals surface area contributed by atoms with Gasteiger partial charge in [-0.1, -0.05) is 12.1 Å². The first-order chi connectivity index (χ1) is 14.4. The van der Waals surface area contributed by atoms with E-state index in [-0.39, 0.29) is 12.0 Å². The second-order valence-electron chi connectivity index (χ2n) is 7.41. The number of pyridine rings is 2. The quantitative estimate of drug-likeness (QED) is 0.714. The number of ether oxygens (including phenoxy) is 2. The Morgan fingerprint density at radius 2 is 2.00 bits per heavy atom. The molecule has 3 aromatic rings. The summed E-state index contributed by atoms with van der Waals surface area (Å²) in [5, 5.41) is 9.50. The third-order valence-electron chi connectivity index (χ3n) is 5.30. The van der Waals surface area contributed by atoms with Crippen molar-refractivity contribution in [1.82, 2.24) is 9.55 Å². The van der Waals surface area contributed by atoms with Crippen LogP contribution in [-0.2, 0) is 16.6 Å². The maximum absolute atomic E-state index is 12.4. The maximum atomic E-state index is 12.4. The highest BCUT2D eigenvalue weighted by molar-refractivity contribution is 5.75. The highest BCUT2D eigenvalue weighted by atomic mass is 16.5. The molecular formula is C23H22N2O5. The number of rotatable bonds is 4. The van der Waals surface area contributed by atoms with Gasteiger partial charge in [-0.3, -0.25) is 14.6 Å². The number of carboxylic acids is 1. The van der Waals surface area contributed by atoms with Crippen LogP contribution in [0.2, 0.25) is 0 Å². The van der Waals surface area contributed by atoms with Crippen LogP contribution in [0.4, 0.5) is 0 Å². The van der Waals surface area contributed by atoms with Crippen molar-refractivity contribution in [2.75, 3.05) is 7.11 Å². The number of carboxylic acid groups (broad SMARTS) is 1. The van der Waals surface area contributed by atoms with E-state index in [0.717, 1.165) is 22.3 Å². The van der Waals surface area contributed by atoms with Crippen LogP contribution in [-0.4, -0.2) is 27.7 Å². The second-order valence-corrected chi connectivity index (χ2v) is 7.41. The molecule has 7 heteroatoms. The monoisotopic (exact) mass is 406 g/mol. The van der Waals surface area contributed by atoms with Crippen LogP contribution in [0, 0.1) is 6.92 Å². The van der Waals surface area contributed by atoms with Crippen LogP contribution in [0.15, 0.2) is 53.6 Å². The predicted molar refractivity (Wildman–Crippen MR) is 111 cm³/mol. The molecule has 154 valence electrons. The normalized spacial score (nSPS) is 17.6. The summed E-state index contributed by atoms with van der Waals surface area (Å²) in [7, 11) is 3.26. The Kier molecular flexibility index (Phi) is 5.13. The van der Waals surface area contributed by atoms with E-state index in [0.29, 0.717) is 17.0 Å². The Hall–Kier alpha value is -3.45. The van der Waals surface area contributed by atoms with Crippen molar-refractivity contribution in [3.63, 3.8) is 0 Å². The summed E-state index contributed by atoms with van der Waals surface area (Å²) in [6, 6.07) is 10.9. The first-order valence-corrected chi connectivity index (χ1v) is 9.56. The fourth-order valence-electron chi connectivity index (χ4n) is 3.76. The van der Waals surface area contributed by atoms with Gasteiger partial charge in [0.2, 0.25) is 0 Å². The summed E-state index contributed by atoms with van der Waals surface area (Å²) in [4.78, 5) is 28.5. The molecular weight excluding hydrogens is 384 g/mol. The van der Waals surface area contributed by atoms with Crippen molar-refractivity contribution >= 4 is 5.97 Å². The minimum absolute atomic E-state index is 0.227. The molecule has 1 aliphatic heterocycles. The first kappa shape index (κ1) is 19.8. The van der Waals surface area contributed by atoms with Gasteiger partial charge in [-0.15, -0.1) is 0 Å². The van der Waals surface area contributed by atoms with Gasteiger partial charge in [0.05, 0.1) is 25.3 Å². The molecule has 0 fully saturated rings. The average Bonchev–Trinajstić information content (AvgIpc) is 2.84. The molecule has 1 N–H and O–H groups in total. The Morgan fingerprint density at radius 1 is 1.20 bits per heavy atom. The van der Waals surface area contributed by atoms with E-state index in [1.807, 2.05) is 37.3 Å². The summed E-state index contributed by atoms with van der Waals surface area (Å²) in [6.45, 7) is 1.95. The lowest BCUT2D eigenvalue weighted by Gasteiger charge is -2.23. The van der Waals surface area contributed by atoms with E-state index in [2.05, 4.69) is 4.98 Å². The van der Waals surface area contributed by atoms with Crippen molar-refractivity contribution in [1.29, 1.82) is 0 Å². The zero-order chi connectivity index (χ0) is 21.4. The molecule has 0 saturated carbocycles. The van der Waals surface area contributed by atoms with Gasteiger partial charge >= 0.3 is 5.97 Å². The van der Waals surface area contributed by atoms with E-state index < -0.39 is 18.2 Å². The van der Waals surface area contributed by atoms with Crippen molar-refractivity contribution in [2.45, 2.75) is 25.6 Å². The van der Waals surface area contributed by atoms with Crippen LogP contribution in [0.5, 0.6) is 5.75 Å². The molecule has 2 unspecified atom stereocenters. The molecule has 1 aliphatic rings. The fraction of sp³-hybridized carbons (Fsp3) is 0.261. The van der Waals surface area contributed by atoms with Gasteiger partial charge < -0.3 is 19.1 Å². The van der Waals surface area contributed by atoms with E-state index in [1.165, 1.54) is 10.6 Å². The van der Waals surface area contributed by atoms with Crippen LogP contribution in [0.25, 0.3) is 11.1 Å². The topological polar surface area (TPSA) is 90.7 Å². The number of fused-ring (bicyclic) bond motifs is 3. The molecule has 4 rings (SSSR count). The van der Waals surface area contributed by atoms with Crippen LogP contribution >= 0.6 is 0 Å². The van der Waals surface area contributed by atoms with Gasteiger partial charge in [0, 0.05) is 31.1 Å². The van der Waals surface area contributed by atoms with E-state index in [4.69, 9.17) is 9.47 Å². The lowest BCUT2D eigenvalue weighted by Crippen LogP contribution is -2.20. The van der Waals surface area contributed by atoms with Crippen molar-refractivity contribution in [3.05, 3.63) is 81.5 Å². The van der Waals surface area contributed by atoms with Crippen molar-refractivity contribution < 1.29 is 19.4 Å². The molecule has 0 aliphatic carbocycles. The predicted octanol–water partition coefficient (Wildman–Crippen LogP) is 3.40. The molecule has 0 spiro atoms. The number of hydrogen-bond donors (Lipinski definition) is 1. The summed E-state index contributed by atoms with van der Waals surface area (Å²) in [6.07, 6.45) is 1.78. The molecule has 1 aromatic carbocycles. The Bertz CT molecular complexity index is 1170. The number of methoxy groups -OCH3 is 1. The number of aryl methyl sites for hydroxylation is 2. The smallest absolute Gasteiger partial charge is 0.306 e. The molecule has 7 nitrogen and oxygen atoms in total. The SMILES string of the molecule is COc1ccc2c(c1)C(c1ccc(C)cn1)OC(CC(=O)O)c1cc(=O)n(C)cc1-2. The Balaban J connectivity index is 2.00. The van der Waals surface area contributed by atoms with Crippen LogP contribution in [0.1, 0.15) is 41.0 Å². The minimum Gasteiger partial charge on any atom is -0.497 e. The standard InChI is InChI=1S/C23H22N2O5/c1-13-4-7-19(24-11-13)23-17-8-14(29-3)5-6-15(17)18-12-25(2)21(26)9-16(18)20(30-23)10-22(27)28/h4-9,11-12,20,23H,10H2,1-3H3,(H,27,28). The van der Waals surface area contributed by atoms with Gasteiger partial charge in [0.15, 0.2) is 0 Å². The zero-order valence-corrected chi connectivity index (χ0v) is 17.0. The lowest BCUT2D eigenvalue weighted by molar-refractivity contribution is -0.141. The van der Waals surface area contributed by atoms with Gasteiger partial charge in [-0.2, -0.15) is 0 Å². The fourth-order valence-corrected chi connectivity index (χ4v) is 3.76. The Labute approximate surface area is 173 Å². The number of aliphatic carboxylic acids is 1. The molecule has 2 atom stereocenters. The molecule has 0 amide bonds. The summed E-state index contributed by atoms with van der Waals surface area (Å²) in [5.41, 5.74) is 4.41. The van der Waals surface area contributed by atoms with Gasteiger partial charge in [0.25, 0.3) is 5.56 Å². The largest absolute Gasteiger partial charge is 0.497 e. The van der Waals surface area contributed by atoms with Crippen molar-refractivity contribution in [3.8, 4) is 16.9 Å². The molecule has 0 radical (unpaired) electrons. The zero-order valence-electron chi connectivity index (χ0n) is 17.0. The minimum atomic E-state index is -1.01. The second kappa shape index (κ2) is 7.76. The highest BCUT2D eigenvalue weighted by Crippen LogP contribution is 2.45. The van der Waals surface area contributed by atoms with Gasteiger partial charge in [-0.05, 0) is 47.4 Å².